The molecule has 0 bridgehead atoms. The Kier molecular flexibility index (Phi) is 2.06. The Morgan fingerprint density at radius 2 is 2.23 bits per heavy atom. The molecule has 68 valence electrons. The van der Waals surface area contributed by atoms with E-state index in [2.05, 4.69) is 0 Å². The first-order valence-corrected chi connectivity index (χ1v) is 4.92. The highest BCUT2D eigenvalue weighted by Crippen LogP contribution is 2.31. The Morgan fingerprint density at radius 1 is 1.46 bits per heavy atom. The van der Waals surface area contributed by atoms with Gasteiger partial charge in [-0.2, -0.15) is 0 Å². The van der Waals surface area contributed by atoms with Gasteiger partial charge in [-0.1, -0.05) is 12.1 Å². The zero-order valence-electron chi connectivity index (χ0n) is 7.30. The lowest BCUT2D eigenvalue weighted by Gasteiger charge is -1.95. The molecule has 2 rings (SSSR count). The predicted octanol–water partition coefficient (Wildman–Crippen LogP) is 2.81. The first-order valence-electron chi connectivity index (χ1n) is 4.10. The summed E-state index contributed by atoms with van der Waals surface area (Å²) in [4.78, 5) is 1.11. The van der Waals surface area contributed by atoms with Gasteiger partial charge >= 0.3 is 0 Å². The third-order valence-corrected chi connectivity index (χ3v) is 3.35. The molecule has 0 fully saturated rings. The maximum atomic E-state index is 13.3. The van der Waals surface area contributed by atoms with E-state index in [9.17, 15) is 4.39 Å². The molecule has 0 aliphatic heterocycles. The van der Waals surface area contributed by atoms with Crippen molar-refractivity contribution in [3.63, 3.8) is 0 Å². The average Bonchev–Trinajstić information content (AvgIpc) is 2.43. The Hall–Kier alpha value is -0.930. The minimum Gasteiger partial charge on any atom is -0.326 e. The number of thiophene rings is 1. The number of nitrogens with two attached hydrogens (primary N) is 1. The maximum absolute atomic E-state index is 13.3. The minimum atomic E-state index is -0.148. The molecule has 1 heterocycles. The second kappa shape index (κ2) is 3.09. The Labute approximate surface area is 80.0 Å². The topological polar surface area (TPSA) is 26.0 Å². The highest BCUT2D eigenvalue weighted by Gasteiger charge is 2.09. The zero-order valence-corrected chi connectivity index (χ0v) is 8.12. The molecule has 0 saturated heterocycles. The molecule has 1 aromatic heterocycles. The number of benzene rings is 1. The highest BCUT2D eigenvalue weighted by molar-refractivity contribution is 7.19. The molecular formula is C10H10FNS. The lowest BCUT2D eigenvalue weighted by molar-refractivity contribution is 0.641. The molecule has 0 aliphatic rings. The molecule has 0 aliphatic carbocycles. The summed E-state index contributed by atoms with van der Waals surface area (Å²) in [6.07, 6.45) is 0. The Bertz CT molecular complexity index is 447. The van der Waals surface area contributed by atoms with E-state index in [1.54, 1.807) is 6.07 Å². The second-order valence-electron chi connectivity index (χ2n) is 2.96. The largest absolute Gasteiger partial charge is 0.326 e. The third-order valence-electron chi connectivity index (χ3n) is 2.18. The Morgan fingerprint density at radius 3 is 2.92 bits per heavy atom. The molecular weight excluding hydrogens is 185 g/mol. The van der Waals surface area contributed by atoms with Crippen molar-refractivity contribution >= 4 is 21.4 Å². The number of fused-ring (bicyclic) bond motifs is 1. The van der Waals surface area contributed by atoms with Crippen LogP contribution in [0.25, 0.3) is 10.1 Å². The van der Waals surface area contributed by atoms with Crippen LogP contribution in [0.3, 0.4) is 0 Å². The molecule has 13 heavy (non-hydrogen) atoms. The monoisotopic (exact) mass is 195 g/mol. The van der Waals surface area contributed by atoms with Crippen LogP contribution in [0.4, 0.5) is 4.39 Å². The molecule has 2 N–H and O–H groups in total. The van der Waals surface area contributed by atoms with E-state index >= 15 is 0 Å². The van der Waals surface area contributed by atoms with Crippen molar-refractivity contribution in [1.82, 2.24) is 0 Å². The number of hydrogen-bond acceptors (Lipinski definition) is 2. The smallest absolute Gasteiger partial charge is 0.141 e. The molecule has 1 nitrogen and oxygen atoms in total. The number of rotatable bonds is 1. The van der Waals surface area contributed by atoms with Crippen LogP contribution in [0.15, 0.2) is 18.2 Å². The summed E-state index contributed by atoms with van der Waals surface area (Å²) in [7, 11) is 0. The van der Waals surface area contributed by atoms with Gasteiger partial charge in [-0.3, -0.25) is 0 Å². The Balaban J connectivity index is 2.86. The fraction of sp³-hybridized carbons (Fsp3) is 0.200. The molecule has 0 spiro atoms. The van der Waals surface area contributed by atoms with E-state index in [0.717, 1.165) is 20.5 Å². The van der Waals surface area contributed by atoms with Crippen LogP contribution in [0.1, 0.15) is 10.4 Å². The van der Waals surface area contributed by atoms with Gasteiger partial charge in [0.25, 0.3) is 0 Å². The predicted molar refractivity (Wildman–Crippen MR) is 54.4 cm³/mol. The van der Waals surface area contributed by atoms with Crippen LogP contribution in [0.2, 0.25) is 0 Å². The van der Waals surface area contributed by atoms with Crippen molar-refractivity contribution in [3.05, 3.63) is 34.5 Å². The van der Waals surface area contributed by atoms with Crippen molar-refractivity contribution in [3.8, 4) is 0 Å². The van der Waals surface area contributed by atoms with Crippen molar-refractivity contribution in [2.24, 2.45) is 5.73 Å². The van der Waals surface area contributed by atoms with Gasteiger partial charge in [-0.05, 0) is 18.6 Å². The lowest BCUT2D eigenvalue weighted by atomic mass is 10.1. The van der Waals surface area contributed by atoms with E-state index in [4.69, 9.17) is 5.73 Å². The van der Waals surface area contributed by atoms with Gasteiger partial charge in [0, 0.05) is 16.8 Å². The van der Waals surface area contributed by atoms with Gasteiger partial charge in [0.2, 0.25) is 0 Å². The quantitative estimate of drug-likeness (QED) is 0.744. The average molecular weight is 195 g/mol. The molecule has 3 heteroatoms. The summed E-state index contributed by atoms with van der Waals surface area (Å²) in [6.45, 7) is 2.46. The van der Waals surface area contributed by atoms with Crippen LogP contribution < -0.4 is 5.73 Å². The standard InChI is InChI=1S/C10H10FNS/c1-6-8(5-12)7-3-2-4-9(11)10(7)13-6/h2-4H,5,12H2,1H3. The maximum Gasteiger partial charge on any atom is 0.141 e. The molecule has 0 atom stereocenters. The number of aryl methyl sites for hydroxylation is 1. The fourth-order valence-electron chi connectivity index (χ4n) is 1.51. The molecule has 0 amide bonds. The van der Waals surface area contributed by atoms with Crippen LogP contribution in [0, 0.1) is 12.7 Å². The summed E-state index contributed by atoms with van der Waals surface area (Å²) in [5.74, 6) is -0.148. The van der Waals surface area contributed by atoms with Crippen LogP contribution >= 0.6 is 11.3 Å². The fourth-order valence-corrected chi connectivity index (χ4v) is 2.60. The number of hydrogen-bond donors (Lipinski definition) is 1. The third kappa shape index (κ3) is 1.24. The summed E-state index contributed by atoms with van der Waals surface area (Å²) >= 11 is 1.47. The molecule has 0 radical (unpaired) electrons. The molecule has 2 aromatic rings. The van der Waals surface area contributed by atoms with E-state index in [-0.39, 0.29) is 5.82 Å². The summed E-state index contributed by atoms with van der Waals surface area (Å²) in [5.41, 5.74) is 6.66. The zero-order chi connectivity index (χ0) is 9.42. The number of halogens is 1. The van der Waals surface area contributed by atoms with Gasteiger partial charge in [0.05, 0.1) is 4.70 Å². The van der Waals surface area contributed by atoms with E-state index in [1.807, 2.05) is 13.0 Å². The van der Waals surface area contributed by atoms with E-state index in [1.165, 1.54) is 17.4 Å². The van der Waals surface area contributed by atoms with E-state index < -0.39 is 0 Å². The first-order chi connectivity index (χ1) is 6.24. The summed E-state index contributed by atoms with van der Waals surface area (Å²) in [6, 6.07) is 5.13. The first kappa shape index (κ1) is 8.66. The molecule has 0 saturated carbocycles. The summed E-state index contributed by atoms with van der Waals surface area (Å²) < 4.78 is 14.0. The SMILES string of the molecule is Cc1sc2c(F)cccc2c1CN. The normalized spacial score (nSPS) is 11.0. The second-order valence-corrected chi connectivity index (χ2v) is 4.18. The van der Waals surface area contributed by atoms with Gasteiger partial charge in [0.1, 0.15) is 5.82 Å². The van der Waals surface area contributed by atoms with Crippen LogP contribution in [-0.4, -0.2) is 0 Å². The van der Waals surface area contributed by atoms with Crippen molar-refractivity contribution in [2.75, 3.05) is 0 Å². The van der Waals surface area contributed by atoms with Gasteiger partial charge < -0.3 is 5.73 Å². The van der Waals surface area contributed by atoms with Gasteiger partial charge in [0.15, 0.2) is 0 Å². The van der Waals surface area contributed by atoms with Crippen molar-refractivity contribution in [1.29, 1.82) is 0 Å². The van der Waals surface area contributed by atoms with Crippen LogP contribution in [0.5, 0.6) is 0 Å². The van der Waals surface area contributed by atoms with Crippen molar-refractivity contribution in [2.45, 2.75) is 13.5 Å². The molecule has 1 aromatic carbocycles. The van der Waals surface area contributed by atoms with Gasteiger partial charge in [-0.15, -0.1) is 11.3 Å². The van der Waals surface area contributed by atoms with Crippen molar-refractivity contribution < 1.29 is 4.39 Å². The minimum absolute atomic E-state index is 0.148. The van der Waals surface area contributed by atoms with Crippen LogP contribution in [-0.2, 0) is 6.54 Å². The lowest BCUT2D eigenvalue weighted by Crippen LogP contribution is -1.96. The molecule has 0 unspecified atom stereocenters. The highest BCUT2D eigenvalue weighted by atomic mass is 32.1. The summed E-state index contributed by atoms with van der Waals surface area (Å²) in [5, 5.41) is 0.963. The van der Waals surface area contributed by atoms with E-state index in [0.29, 0.717) is 6.54 Å². The van der Waals surface area contributed by atoms with Gasteiger partial charge in [-0.25, -0.2) is 4.39 Å².